The van der Waals surface area contributed by atoms with Gasteiger partial charge in [0, 0.05) is 18.7 Å². The summed E-state index contributed by atoms with van der Waals surface area (Å²) < 4.78 is 13.2. The maximum absolute atomic E-state index is 13.2. The molecule has 0 fully saturated rings. The molecule has 1 atom stereocenters. The van der Waals surface area contributed by atoms with Gasteiger partial charge in [-0.05, 0) is 29.8 Å². The van der Waals surface area contributed by atoms with Crippen molar-refractivity contribution in [1.29, 1.82) is 0 Å². The van der Waals surface area contributed by atoms with Crippen LogP contribution in [0.4, 0.5) is 10.1 Å². The number of nitrogens with one attached hydrogen (secondary N) is 1. The van der Waals surface area contributed by atoms with Gasteiger partial charge in [0.1, 0.15) is 23.0 Å². The molecule has 0 saturated heterocycles. The number of aliphatic imine (C=N–C) groups is 1. The normalized spacial score (nSPS) is 19.2. The van der Waals surface area contributed by atoms with Crippen LogP contribution in [0.15, 0.2) is 70.9 Å². The maximum atomic E-state index is 13.2. The third kappa shape index (κ3) is 2.94. The van der Waals surface area contributed by atoms with Gasteiger partial charge < -0.3 is 15.3 Å². The molecule has 132 valence electrons. The topological polar surface area (TPSA) is 64.9 Å². The van der Waals surface area contributed by atoms with Crippen LogP contribution in [-0.2, 0) is 4.79 Å². The first-order valence-corrected chi connectivity index (χ1v) is 8.49. The molecule has 1 amide bonds. The van der Waals surface area contributed by atoms with Gasteiger partial charge in [-0.1, -0.05) is 30.3 Å². The van der Waals surface area contributed by atoms with Gasteiger partial charge in [0.15, 0.2) is 0 Å². The number of carbonyl (C=O) groups is 1. The average Bonchev–Trinajstić information content (AvgIpc) is 3.11. The molecule has 1 unspecified atom stereocenters. The van der Waals surface area contributed by atoms with Crippen molar-refractivity contribution >= 4 is 17.4 Å². The molecular weight excluding hydrogens is 333 g/mol. The molecule has 2 aromatic carbocycles. The Balaban J connectivity index is 1.65. The number of amidine groups is 1. The van der Waals surface area contributed by atoms with Crippen molar-refractivity contribution in [2.75, 3.05) is 18.4 Å². The molecule has 2 aliphatic rings. The Morgan fingerprint density at radius 1 is 1.15 bits per heavy atom. The van der Waals surface area contributed by atoms with Gasteiger partial charge >= 0.3 is 0 Å². The first kappa shape index (κ1) is 16.3. The molecule has 2 heterocycles. The molecule has 26 heavy (non-hydrogen) atoms. The van der Waals surface area contributed by atoms with E-state index in [1.54, 1.807) is 24.3 Å². The van der Waals surface area contributed by atoms with Crippen molar-refractivity contribution in [3.05, 3.63) is 77.3 Å². The molecule has 0 aliphatic carbocycles. The number of para-hydroxylation sites is 1. The molecule has 5 nitrogen and oxygen atoms in total. The summed E-state index contributed by atoms with van der Waals surface area (Å²) in [5, 5.41) is 13.4. The van der Waals surface area contributed by atoms with Gasteiger partial charge in [-0.25, -0.2) is 4.39 Å². The molecule has 4 rings (SSSR count). The molecule has 6 heteroatoms. The number of aliphatic hydroxyl groups is 1. The van der Waals surface area contributed by atoms with Gasteiger partial charge in [0.2, 0.25) is 0 Å². The van der Waals surface area contributed by atoms with Gasteiger partial charge in [-0.15, -0.1) is 0 Å². The lowest BCUT2D eigenvalue weighted by Crippen LogP contribution is -2.41. The Morgan fingerprint density at radius 3 is 2.62 bits per heavy atom. The van der Waals surface area contributed by atoms with Crippen molar-refractivity contribution in [2.24, 2.45) is 4.99 Å². The van der Waals surface area contributed by atoms with Gasteiger partial charge in [-0.3, -0.25) is 9.79 Å². The summed E-state index contributed by atoms with van der Waals surface area (Å²) in [5.41, 5.74) is 1.75. The van der Waals surface area contributed by atoms with E-state index in [-0.39, 0.29) is 35.5 Å². The first-order chi connectivity index (χ1) is 12.6. The summed E-state index contributed by atoms with van der Waals surface area (Å²) in [4.78, 5) is 19.2. The van der Waals surface area contributed by atoms with Crippen LogP contribution in [0.1, 0.15) is 18.0 Å². The number of benzene rings is 2. The number of anilines is 1. The second-order valence-corrected chi connectivity index (χ2v) is 6.31. The number of nitrogens with zero attached hydrogens (tertiary/aromatic N) is 2. The Bertz CT molecular complexity index is 891. The standard InChI is InChI=1S/C20H18FN3O2/c21-14-8-6-13(7-9-14)16-12-17(25)18(19-22-10-11-24(16)19)20(26)23-15-4-2-1-3-5-15/h1-9,16,25H,10-12H2,(H,23,26). The zero-order valence-corrected chi connectivity index (χ0v) is 14.0. The van der Waals surface area contributed by atoms with E-state index in [1.165, 1.54) is 12.1 Å². The lowest BCUT2D eigenvalue weighted by molar-refractivity contribution is -0.112. The van der Waals surface area contributed by atoms with E-state index in [0.717, 1.165) is 5.56 Å². The first-order valence-electron chi connectivity index (χ1n) is 8.49. The maximum Gasteiger partial charge on any atom is 0.262 e. The minimum Gasteiger partial charge on any atom is -0.511 e. The summed E-state index contributed by atoms with van der Waals surface area (Å²) in [6.45, 7) is 1.22. The highest BCUT2D eigenvalue weighted by Crippen LogP contribution is 2.36. The third-order valence-corrected chi connectivity index (χ3v) is 4.66. The second kappa shape index (κ2) is 6.63. The van der Waals surface area contributed by atoms with Crippen LogP contribution < -0.4 is 5.32 Å². The van der Waals surface area contributed by atoms with E-state index in [2.05, 4.69) is 10.3 Å². The van der Waals surface area contributed by atoms with Crippen molar-refractivity contribution in [3.8, 4) is 0 Å². The Labute approximate surface area is 150 Å². The van der Waals surface area contributed by atoms with E-state index in [9.17, 15) is 14.3 Å². The van der Waals surface area contributed by atoms with Crippen LogP contribution in [0.2, 0.25) is 0 Å². The molecule has 0 radical (unpaired) electrons. The molecular formula is C20H18FN3O2. The van der Waals surface area contributed by atoms with Crippen molar-refractivity contribution in [2.45, 2.75) is 12.5 Å². The average molecular weight is 351 g/mol. The molecule has 0 bridgehead atoms. The number of rotatable bonds is 3. The number of halogens is 1. The lowest BCUT2D eigenvalue weighted by atomic mass is 9.93. The largest absolute Gasteiger partial charge is 0.511 e. The molecule has 2 aliphatic heterocycles. The van der Waals surface area contributed by atoms with Crippen LogP contribution in [0, 0.1) is 5.82 Å². The smallest absolute Gasteiger partial charge is 0.262 e. The molecule has 2 aromatic rings. The fourth-order valence-corrected chi connectivity index (χ4v) is 3.44. The van der Waals surface area contributed by atoms with Crippen molar-refractivity contribution in [3.63, 3.8) is 0 Å². The predicted octanol–water partition coefficient (Wildman–Crippen LogP) is 3.44. The second-order valence-electron chi connectivity index (χ2n) is 6.31. The Morgan fingerprint density at radius 2 is 1.88 bits per heavy atom. The number of hydrogen-bond acceptors (Lipinski definition) is 4. The predicted molar refractivity (Wildman–Crippen MR) is 97.5 cm³/mol. The highest BCUT2D eigenvalue weighted by Gasteiger charge is 2.38. The SMILES string of the molecule is O=C(Nc1ccccc1)C1=C(O)CC(c2ccc(F)cc2)N2CCN=C12. The highest BCUT2D eigenvalue weighted by atomic mass is 19.1. The van der Waals surface area contributed by atoms with Crippen molar-refractivity contribution in [1.82, 2.24) is 4.90 Å². The Hall–Kier alpha value is -3.15. The van der Waals surface area contributed by atoms with Crippen LogP contribution in [0.25, 0.3) is 0 Å². The summed E-state index contributed by atoms with van der Waals surface area (Å²) in [6, 6.07) is 15.1. The van der Waals surface area contributed by atoms with Crippen molar-refractivity contribution < 1.29 is 14.3 Å². The van der Waals surface area contributed by atoms with E-state index >= 15 is 0 Å². The molecule has 0 spiro atoms. The quantitative estimate of drug-likeness (QED) is 0.890. The summed E-state index contributed by atoms with van der Waals surface area (Å²) in [6.07, 6.45) is 0.280. The van der Waals surface area contributed by atoms with E-state index in [1.807, 2.05) is 23.1 Å². The van der Waals surface area contributed by atoms with E-state index in [0.29, 0.717) is 24.6 Å². The molecule has 0 aromatic heterocycles. The third-order valence-electron chi connectivity index (χ3n) is 4.66. The minimum atomic E-state index is -0.378. The van der Waals surface area contributed by atoms with Gasteiger partial charge in [0.25, 0.3) is 5.91 Å². The number of carbonyl (C=O) groups excluding carboxylic acids is 1. The zero-order chi connectivity index (χ0) is 18.1. The Kier molecular flexibility index (Phi) is 4.16. The number of aliphatic hydroxyl groups excluding tert-OH is 1. The summed E-state index contributed by atoms with van der Waals surface area (Å²) in [7, 11) is 0. The number of amides is 1. The van der Waals surface area contributed by atoms with Crippen LogP contribution in [0.3, 0.4) is 0 Å². The summed E-state index contributed by atoms with van der Waals surface area (Å²) >= 11 is 0. The van der Waals surface area contributed by atoms with E-state index in [4.69, 9.17) is 0 Å². The summed E-state index contributed by atoms with van der Waals surface area (Å²) in [5.74, 6) is -0.180. The van der Waals surface area contributed by atoms with Crippen LogP contribution in [0.5, 0.6) is 0 Å². The van der Waals surface area contributed by atoms with Gasteiger partial charge in [0.05, 0.1) is 12.6 Å². The van der Waals surface area contributed by atoms with Crippen LogP contribution >= 0.6 is 0 Å². The minimum absolute atomic E-state index is 0.00431. The number of fused-ring (bicyclic) bond motifs is 1. The highest BCUT2D eigenvalue weighted by molar-refractivity contribution is 6.25. The molecule has 2 N–H and O–H groups in total. The van der Waals surface area contributed by atoms with Gasteiger partial charge in [-0.2, -0.15) is 0 Å². The fraction of sp³-hybridized carbons (Fsp3) is 0.200. The van der Waals surface area contributed by atoms with E-state index < -0.39 is 0 Å². The zero-order valence-electron chi connectivity index (χ0n) is 14.0. The molecule has 0 saturated carbocycles. The monoisotopic (exact) mass is 351 g/mol. The number of hydrogen-bond donors (Lipinski definition) is 2. The lowest BCUT2D eigenvalue weighted by Gasteiger charge is -2.35. The fourth-order valence-electron chi connectivity index (χ4n) is 3.44. The van der Waals surface area contributed by atoms with Crippen LogP contribution in [-0.4, -0.2) is 34.8 Å².